The summed E-state index contributed by atoms with van der Waals surface area (Å²) in [6, 6.07) is 14.2. The van der Waals surface area contributed by atoms with Crippen molar-refractivity contribution in [3.63, 3.8) is 0 Å². The molecule has 1 N–H and O–H groups in total. The number of thioether (sulfide) groups is 1. The van der Waals surface area contributed by atoms with Crippen LogP contribution < -0.4 is 0 Å². The topological polar surface area (TPSA) is 20.2 Å². The highest BCUT2D eigenvalue weighted by atomic mass is 32.2. The highest BCUT2D eigenvalue weighted by Gasteiger charge is 2.18. The van der Waals surface area contributed by atoms with E-state index in [-0.39, 0.29) is 5.92 Å². The second-order valence-corrected chi connectivity index (χ2v) is 6.06. The number of hydrogen-bond acceptors (Lipinski definition) is 3. The fourth-order valence-corrected chi connectivity index (χ4v) is 3.51. The molecule has 2 aromatic rings. The molecule has 1 aromatic heterocycles. The summed E-state index contributed by atoms with van der Waals surface area (Å²) in [5.74, 6) is 0.918. The average Bonchev–Trinajstić information content (AvgIpc) is 2.94. The first-order chi connectivity index (χ1) is 8.81. The van der Waals surface area contributed by atoms with E-state index in [0.29, 0.717) is 0 Å². The first-order valence-electron chi connectivity index (χ1n) is 5.83. The fourth-order valence-electron chi connectivity index (χ4n) is 1.67. The molecule has 2 atom stereocenters. The van der Waals surface area contributed by atoms with Crippen LogP contribution in [0.4, 0.5) is 0 Å². The van der Waals surface area contributed by atoms with E-state index in [1.54, 1.807) is 23.1 Å². The second-order valence-electron chi connectivity index (χ2n) is 3.98. The molecule has 0 unspecified atom stereocenters. The van der Waals surface area contributed by atoms with Crippen molar-refractivity contribution < 1.29 is 5.11 Å². The van der Waals surface area contributed by atoms with Gasteiger partial charge in [0, 0.05) is 21.4 Å². The van der Waals surface area contributed by atoms with Gasteiger partial charge in [0.15, 0.2) is 0 Å². The van der Waals surface area contributed by atoms with E-state index >= 15 is 0 Å². The molecule has 94 valence electrons. The first-order valence-corrected chi connectivity index (χ1v) is 7.69. The van der Waals surface area contributed by atoms with Crippen LogP contribution in [0.5, 0.6) is 0 Å². The molecule has 1 nitrogen and oxygen atoms in total. The Morgan fingerprint density at radius 2 is 2.00 bits per heavy atom. The standard InChI is InChI=1S/C15H16OS2/c1-2-12(15(16)14-9-6-10-17-14)11-18-13-7-4-3-5-8-13/h2-10,12,15-16H,1,11H2/t12-,15+/m0/s1. The summed E-state index contributed by atoms with van der Waals surface area (Å²) in [7, 11) is 0. The molecule has 0 saturated heterocycles. The number of rotatable bonds is 6. The van der Waals surface area contributed by atoms with Crippen molar-refractivity contribution >= 4 is 23.1 Å². The minimum absolute atomic E-state index is 0.0776. The van der Waals surface area contributed by atoms with E-state index in [0.717, 1.165) is 10.6 Å². The predicted octanol–water partition coefficient (Wildman–Crippen LogP) is 4.38. The second kappa shape index (κ2) is 6.78. The molecule has 0 aliphatic heterocycles. The third-order valence-corrected chi connectivity index (χ3v) is 4.83. The van der Waals surface area contributed by atoms with Crippen molar-refractivity contribution in [3.05, 3.63) is 65.4 Å². The van der Waals surface area contributed by atoms with Gasteiger partial charge < -0.3 is 5.11 Å². The summed E-state index contributed by atoms with van der Waals surface area (Å²) >= 11 is 3.34. The Bertz CT molecular complexity index is 465. The van der Waals surface area contributed by atoms with Crippen LogP contribution >= 0.6 is 23.1 Å². The Balaban J connectivity index is 1.96. The quantitative estimate of drug-likeness (QED) is 0.624. The predicted molar refractivity (Wildman–Crippen MR) is 80.1 cm³/mol. The van der Waals surface area contributed by atoms with Gasteiger partial charge in [-0.15, -0.1) is 29.7 Å². The highest BCUT2D eigenvalue weighted by molar-refractivity contribution is 7.99. The number of thiophene rings is 1. The van der Waals surface area contributed by atoms with Crippen molar-refractivity contribution in [1.29, 1.82) is 0 Å². The van der Waals surface area contributed by atoms with Gasteiger partial charge in [0.2, 0.25) is 0 Å². The number of aliphatic hydroxyl groups is 1. The lowest BCUT2D eigenvalue weighted by Gasteiger charge is -2.18. The Hall–Kier alpha value is -1.03. The average molecular weight is 276 g/mol. The zero-order chi connectivity index (χ0) is 12.8. The van der Waals surface area contributed by atoms with Crippen molar-refractivity contribution in [2.75, 3.05) is 5.75 Å². The summed E-state index contributed by atoms with van der Waals surface area (Å²) in [6.07, 6.45) is 1.40. The van der Waals surface area contributed by atoms with Gasteiger partial charge in [-0.05, 0) is 23.6 Å². The van der Waals surface area contributed by atoms with Crippen LogP contribution in [-0.4, -0.2) is 10.9 Å². The number of hydrogen-bond donors (Lipinski definition) is 1. The molecule has 0 bridgehead atoms. The smallest absolute Gasteiger partial charge is 0.0952 e. The van der Waals surface area contributed by atoms with Crippen molar-refractivity contribution in [2.24, 2.45) is 5.92 Å². The van der Waals surface area contributed by atoms with Crippen LogP contribution in [0, 0.1) is 5.92 Å². The molecule has 0 saturated carbocycles. The minimum atomic E-state index is -0.446. The van der Waals surface area contributed by atoms with Gasteiger partial charge in [-0.3, -0.25) is 0 Å². The van der Waals surface area contributed by atoms with Crippen molar-refractivity contribution in [2.45, 2.75) is 11.0 Å². The molecule has 1 heterocycles. The maximum atomic E-state index is 10.3. The molecule has 0 amide bonds. The number of benzene rings is 1. The molecule has 0 aliphatic carbocycles. The number of aliphatic hydroxyl groups excluding tert-OH is 1. The Morgan fingerprint density at radius 3 is 2.61 bits per heavy atom. The van der Waals surface area contributed by atoms with Gasteiger partial charge in [-0.25, -0.2) is 0 Å². The van der Waals surface area contributed by atoms with Gasteiger partial charge in [0.05, 0.1) is 6.10 Å². The van der Waals surface area contributed by atoms with E-state index in [9.17, 15) is 5.11 Å². The molecule has 0 aliphatic rings. The Kier molecular flexibility index (Phi) is 5.05. The zero-order valence-corrected chi connectivity index (χ0v) is 11.7. The normalized spacial score (nSPS) is 14.1. The van der Waals surface area contributed by atoms with E-state index in [4.69, 9.17) is 0 Å². The van der Waals surface area contributed by atoms with Gasteiger partial charge >= 0.3 is 0 Å². The summed E-state index contributed by atoms with van der Waals surface area (Å²) in [6.45, 7) is 3.84. The van der Waals surface area contributed by atoms with E-state index in [1.807, 2.05) is 41.8 Å². The summed E-state index contributed by atoms with van der Waals surface area (Å²) in [4.78, 5) is 2.23. The maximum Gasteiger partial charge on any atom is 0.0952 e. The summed E-state index contributed by atoms with van der Waals surface area (Å²) in [5, 5.41) is 12.3. The zero-order valence-electron chi connectivity index (χ0n) is 10.0. The van der Waals surface area contributed by atoms with E-state index in [1.165, 1.54) is 4.90 Å². The van der Waals surface area contributed by atoms with E-state index < -0.39 is 6.10 Å². The molecule has 2 rings (SSSR count). The molecule has 1 aromatic carbocycles. The van der Waals surface area contributed by atoms with Gasteiger partial charge in [0.25, 0.3) is 0 Å². The molecule has 3 heteroatoms. The van der Waals surface area contributed by atoms with Gasteiger partial charge in [-0.1, -0.05) is 30.3 Å². The Labute approximate surface area is 116 Å². The SMILES string of the molecule is C=C[C@@H](CSc1ccccc1)[C@@H](O)c1cccs1. The van der Waals surface area contributed by atoms with Crippen LogP contribution in [0.1, 0.15) is 11.0 Å². The Morgan fingerprint density at radius 1 is 1.22 bits per heavy atom. The van der Waals surface area contributed by atoms with Crippen molar-refractivity contribution in [3.8, 4) is 0 Å². The van der Waals surface area contributed by atoms with Crippen molar-refractivity contribution in [1.82, 2.24) is 0 Å². The fraction of sp³-hybridized carbons (Fsp3) is 0.200. The van der Waals surface area contributed by atoms with Crippen LogP contribution in [-0.2, 0) is 0 Å². The lowest BCUT2D eigenvalue weighted by Crippen LogP contribution is -2.11. The highest BCUT2D eigenvalue weighted by Crippen LogP contribution is 2.31. The summed E-state index contributed by atoms with van der Waals surface area (Å²) < 4.78 is 0. The lowest BCUT2D eigenvalue weighted by atomic mass is 10.0. The van der Waals surface area contributed by atoms with Crippen LogP contribution in [0.15, 0.2) is 65.4 Å². The third kappa shape index (κ3) is 3.48. The van der Waals surface area contributed by atoms with Gasteiger partial charge in [-0.2, -0.15) is 0 Å². The molecular weight excluding hydrogens is 260 g/mol. The van der Waals surface area contributed by atoms with Gasteiger partial charge in [0.1, 0.15) is 0 Å². The third-order valence-electron chi connectivity index (χ3n) is 2.73. The molecular formula is C15H16OS2. The maximum absolute atomic E-state index is 10.3. The minimum Gasteiger partial charge on any atom is -0.387 e. The largest absolute Gasteiger partial charge is 0.387 e. The van der Waals surface area contributed by atoms with Crippen LogP contribution in [0.2, 0.25) is 0 Å². The van der Waals surface area contributed by atoms with Crippen LogP contribution in [0.3, 0.4) is 0 Å². The first kappa shape index (κ1) is 13.4. The lowest BCUT2D eigenvalue weighted by molar-refractivity contribution is 0.145. The monoisotopic (exact) mass is 276 g/mol. The molecule has 18 heavy (non-hydrogen) atoms. The summed E-state index contributed by atoms with van der Waals surface area (Å²) in [5.41, 5.74) is 0. The molecule has 0 radical (unpaired) electrons. The van der Waals surface area contributed by atoms with Crippen LogP contribution in [0.25, 0.3) is 0 Å². The van der Waals surface area contributed by atoms with E-state index in [2.05, 4.69) is 18.7 Å². The molecule has 0 fully saturated rings. The molecule has 0 spiro atoms.